The van der Waals surface area contributed by atoms with Gasteiger partial charge >= 0.3 is 5.97 Å². The van der Waals surface area contributed by atoms with Crippen LogP contribution in [-0.4, -0.2) is 22.3 Å². The fourth-order valence-electron chi connectivity index (χ4n) is 1.73. The van der Waals surface area contributed by atoms with Crippen LogP contribution in [0.1, 0.15) is 16.1 Å². The van der Waals surface area contributed by atoms with Crippen molar-refractivity contribution < 1.29 is 23.8 Å². The highest BCUT2D eigenvalue weighted by molar-refractivity contribution is 5.88. The molecule has 0 aliphatic heterocycles. The molecule has 3 rings (SSSR count). The number of carboxylic acids is 1. The molecule has 7 nitrogen and oxygen atoms in total. The van der Waals surface area contributed by atoms with Crippen LogP contribution in [0.5, 0.6) is 5.95 Å². The highest BCUT2D eigenvalue weighted by Crippen LogP contribution is 2.24. The smallest absolute Gasteiger partial charge is 0.335 e. The van der Waals surface area contributed by atoms with E-state index in [2.05, 4.69) is 9.98 Å². The number of benzene rings is 1. The van der Waals surface area contributed by atoms with Gasteiger partial charge in [0.05, 0.1) is 29.7 Å². The SMILES string of the molecule is O=C(O)c1ccc(N=Cc2nc(-c3ccco3)oc2[O-])cc1. The molecular weight excluding hydrogens is 288 g/mol. The fourth-order valence-corrected chi connectivity index (χ4v) is 1.73. The Morgan fingerprint density at radius 3 is 2.68 bits per heavy atom. The maximum atomic E-state index is 11.7. The molecule has 0 aliphatic carbocycles. The van der Waals surface area contributed by atoms with E-state index in [4.69, 9.17) is 13.9 Å². The monoisotopic (exact) mass is 297 g/mol. The molecule has 0 amide bonds. The van der Waals surface area contributed by atoms with Crippen molar-refractivity contribution in [1.29, 1.82) is 0 Å². The van der Waals surface area contributed by atoms with Crippen LogP contribution in [0.4, 0.5) is 5.69 Å². The number of furan rings is 1. The van der Waals surface area contributed by atoms with E-state index in [0.717, 1.165) is 0 Å². The molecule has 0 fully saturated rings. The molecule has 0 atom stereocenters. The van der Waals surface area contributed by atoms with Gasteiger partial charge in [-0.1, -0.05) is 0 Å². The number of carbonyl (C=O) groups is 1. The number of oxazole rings is 1. The Morgan fingerprint density at radius 2 is 2.05 bits per heavy atom. The molecule has 0 spiro atoms. The molecule has 0 saturated carbocycles. The summed E-state index contributed by atoms with van der Waals surface area (Å²) in [5.41, 5.74) is 0.686. The van der Waals surface area contributed by atoms with E-state index in [9.17, 15) is 9.90 Å². The Bertz CT molecular complexity index is 816. The Labute approximate surface area is 124 Å². The molecule has 22 heavy (non-hydrogen) atoms. The van der Waals surface area contributed by atoms with Gasteiger partial charge < -0.3 is 19.0 Å². The fraction of sp³-hybridized carbons (Fsp3) is 0. The summed E-state index contributed by atoms with van der Waals surface area (Å²) in [5, 5.41) is 20.5. The summed E-state index contributed by atoms with van der Waals surface area (Å²) in [4.78, 5) is 18.8. The van der Waals surface area contributed by atoms with E-state index in [1.165, 1.54) is 36.7 Å². The second-order valence-electron chi connectivity index (χ2n) is 4.28. The molecule has 0 radical (unpaired) electrons. The van der Waals surface area contributed by atoms with E-state index >= 15 is 0 Å². The van der Waals surface area contributed by atoms with Gasteiger partial charge in [-0.15, -0.1) is 0 Å². The second kappa shape index (κ2) is 5.57. The molecule has 0 aliphatic rings. The minimum Gasteiger partial charge on any atom is -0.560 e. The molecule has 3 aromatic rings. The molecule has 1 aromatic carbocycles. The summed E-state index contributed by atoms with van der Waals surface area (Å²) in [6, 6.07) is 9.17. The first kappa shape index (κ1) is 13.6. The number of hydrogen-bond acceptors (Lipinski definition) is 6. The normalized spacial score (nSPS) is 11.1. The van der Waals surface area contributed by atoms with Crippen molar-refractivity contribution in [3.05, 3.63) is 53.9 Å². The molecule has 0 saturated heterocycles. The second-order valence-corrected chi connectivity index (χ2v) is 4.28. The van der Waals surface area contributed by atoms with Gasteiger partial charge in [0.2, 0.25) is 0 Å². The molecule has 2 heterocycles. The molecule has 1 N–H and O–H groups in total. The summed E-state index contributed by atoms with van der Waals surface area (Å²) < 4.78 is 10.1. The summed E-state index contributed by atoms with van der Waals surface area (Å²) in [6.07, 6.45) is 2.70. The number of aromatic carboxylic acids is 1. The summed E-state index contributed by atoms with van der Waals surface area (Å²) in [7, 11) is 0. The van der Waals surface area contributed by atoms with Gasteiger partial charge in [0.1, 0.15) is 11.6 Å². The Morgan fingerprint density at radius 1 is 1.27 bits per heavy atom. The standard InChI is InChI=1S/C15H10N2O5/c18-14(19)9-3-5-10(6-4-9)16-8-11-15(20)22-13(17-11)12-2-1-7-21-12/h1-8,20H,(H,18,19)/p-1. The zero-order valence-electron chi connectivity index (χ0n) is 11.1. The topological polar surface area (TPSA) is 112 Å². The number of hydrogen-bond donors (Lipinski definition) is 1. The van der Waals surface area contributed by atoms with Crippen molar-refractivity contribution in [2.75, 3.05) is 0 Å². The molecule has 110 valence electrons. The Kier molecular flexibility index (Phi) is 3.45. The van der Waals surface area contributed by atoms with Gasteiger partial charge in [-0.2, -0.15) is 0 Å². The number of aromatic nitrogens is 1. The van der Waals surface area contributed by atoms with Gasteiger partial charge in [-0.25, -0.2) is 9.78 Å². The lowest BCUT2D eigenvalue weighted by atomic mass is 10.2. The van der Waals surface area contributed by atoms with Crippen molar-refractivity contribution in [3.8, 4) is 17.6 Å². The number of carboxylic acid groups (broad SMARTS) is 1. The number of nitrogens with zero attached hydrogens (tertiary/aromatic N) is 2. The third kappa shape index (κ3) is 2.73. The van der Waals surface area contributed by atoms with E-state index in [1.54, 1.807) is 12.1 Å². The van der Waals surface area contributed by atoms with Crippen molar-refractivity contribution in [2.45, 2.75) is 0 Å². The molecule has 2 aromatic heterocycles. The number of aliphatic imine (C=N–C) groups is 1. The molecule has 0 unspecified atom stereocenters. The summed E-state index contributed by atoms with van der Waals surface area (Å²) >= 11 is 0. The van der Waals surface area contributed by atoms with Crippen LogP contribution in [0.3, 0.4) is 0 Å². The zero-order chi connectivity index (χ0) is 15.5. The van der Waals surface area contributed by atoms with Crippen LogP contribution in [0, 0.1) is 0 Å². The summed E-state index contributed by atoms with van der Waals surface area (Å²) in [5.74, 6) is -1.21. The first-order chi connectivity index (χ1) is 10.6. The quantitative estimate of drug-likeness (QED) is 0.740. The van der Waals surface area contributed by atoms with E-state index < -0.39 is 11.9 Å². The number of rotatable bonds is 4. The van der Waals surface area contributed by atoms with Crippen LogP contribution in [0.25, 0.3) is 11.7 Å². The van der Waals surface area contributed by atoms with E-state index in [0.29, 0.717) is 11.4 Å². The minimum atomic E-state index is -1.02. The van der Waals surface area contributed by atoms with Gasteiger partial charge in [-0.05, 0) is 36.4 Å². The Balaban J connectivity index is 1.82. The lowest BCUT2D eigenvalue weighted by Gasteiger charge is -1.96. The average molecular weight is 297 g/mol. The van der Waals surface area contributed by atoms with Crippen molar-refractivity contribution in [2.24, 2.45) is 4.99 Å². The third-order valence-corrected chi connectivity index (χ3v) is 2.80. The molecule has 0 bridgehead atoms. The maximum absolute atomic E-state index is 11.7. The highest BCUT2D eigenvalue weighted by Gasteiger charge is 2.06. The lowest BCUT2D eigenvalue weighted by Crippen LogP contribution is -1.94. The van der Waals surface area contributed by atoms with Crippen LogP contribution in [0.15, 0.2) is 56.5 Å². The largest absolute Gasteiger partial charge is 0.560 e. The van der Waals surface area contributed by atoms with Gasteiger partial charge in [0.25, 0.3) is 0 Å². The van der Waals surface area contributed by atoms with Gasteiger partial charge in [0.15, 0.2) is 5.76 Å². The van der Waals surface area contributed by atoms with Gasteiger partial charge in [0, 0.05) is 0 Å². The van der Waals surface area contributed by atoms with Crippen LogP contribution in [-0.2, 0) is 0 Å². The minimum absolute atomic E-state index is 0.0358. The zero-order valence-corrected chi connectivity index (χ0v) is 11.1. The predicted octanol–water partition coefficient (Wildman–Crippen LogP) is 2.46. The van der Waals surface area contributed by atoms with Crippen molar-refractivity contribution >= 4 is 17.9 Å². The first-order valence-electron chi connectivity index (χ1n) is 6.22. The predicted molar refractivity (Wildman–Crippen MR) is 74.3 cm³/mol. The average Bonchev–Trinajstić information content (AvgIpc) is 3.15. The van der Waals surface area contributed by atoms with E-state index in [1.807, 2.05) is 0 Å². The third-order valence-electron chi connectivity index (χ3n) is 2.80. The van der Waals surface area contributed by atoms with E-state index in [-0.39, 0.29) is 17.1 Å². The van der Waals surface area contributed by atoms with Crippen molar-refractivity contribution in [1.82, 2.24) is 4.98 Å². The van der Waals surface area contributed by atoms with Crippen molar-refractivity contribution in [3.63, 3.8) is 0 Å². The van der Waals surface area contributed by atoms with Crippen LogP contribution < -0.4 is 5.11 Å². The highest BCUT2D eigenvalue weighted by atomic mass is 16.5. The summed E-state index contributed by atoms with van der Waals surface area (Å²) in [6.45, 7) is 0. The van der Waals surface area contributed by atoms with Crippen LogP contribution >= 0.6 is 0 Å². The Hall–Kier alpha value is -3.35. The molecule has 7 heteroatoms. The van der Waals surface area contributed by atoms with Gasteiger partial charge in [-0.3, -0.25) is 4.99 Å². The first-order valence-corrected chi connectivity index (χ1v) is 6.22. The lowest BCUT2D eigenvalue weighted by molar-refractivity contribution is -0.293. The molecular formula is C15H9N2O5-. The van der Waals surface area contributed by atoms with Crippen LogP contribution in [0.2, 0.25) is 0 Å². The maximum Gasteiger partial charge on any atom is 0.335 e.